The molecule has 7 heteroatoms. The molecule has 0 spiro atoms. The molecule has 1 amide bonds. The molecule has 2 aromatic heterocycles. The molecular formula is C24H30N6O. The van der Waals surface area contributed by atoms with Crippen molar-refractivity contribution in [2.45, 2.75) is 46.6 Å². The maximum absolute atomic E-state index is 12.7. The van der Waals surface area contributed by atoms with Crippen LogP contribution in [-0.4, -0.2) is 45.0 Å². The van der Waals surface area contributed by atoms with Crippen molar-refractivity contribution >= 4 is 11.6 Å². The average molecular weight is 419 g/mol. The van der Waals surface area contributed by atoms with Crippen LogP contribution < -0.4 is 5.32 Å². The summed E-state index contributed by atoms with van der Waals surface area (Å²) in [6.07, 6.45) is 2.48. The Morgan fingerprint density at radius 2 is 1.94 bits per heavy atom. The van der Waals surface area contributed by atoms with Crippen LogP contribution in [0.4, 0.5) is 0 Å². The third kappa shape index (κ3) is 4.92. The number of aryl methyl sites for hydroxylation is 2. The highest BCUT2D eigenvalue weighted by atomic mass is 16.1. The van der Waals surface area contributed by atoms with Gasteiger partial charge in [-0.1, -0.05) is 44.2 Å². The van der Waals surface area contributed by atoms with Gasteiger partial charge in [0.1, 0.15) is 11.6 Å². The van der Waals surface area contributed by atoms with Crippen LogP contribution in [0.1, 0.15) is 54.4 Å². The predicted octanol–water partition coefficient (Wildman–Crippen LogP) is 3.35. The molecule has 1 N–H and O–H groups in total. The smallest absolute Gasteiger partial charge is 0.220 e. The standard InChI is InChI=1S/C24H30N6O/c1-5-29(6-2)22(19-10-8-7-9-11-19)16-26-23(31)13-12-21-17(3)28-24-20(14-25)15-27-30(24)18(21)4/h7-11,15,22H,5-6,12-13,16H2,1-4H3,(H,26,31). The second-order valence-electron chi connectivity index (χ2n) is 7.62. The van der Waals surface area contributed by atoms with E-state index in [0.717, 1.165) is 30.0 Å². The fourth-order valence-electron chi connectivity index (χ4n) is 4.09. The summed E-state index contributed by atoms with van der Waals surface area (Å²) in [5, 5.41) is 16.6. The molecule has 0 fully saturated rings. The quantitative estimate of drug-likeness (QED) is 0.576. The van der Waals surface area contributed by atoms with E-state index in [1.807, 2.05) is 32.0 Å². The zero-order chi connectivity index (χ0) is 22.4. The van der Waals surface area contributed by atoms with Crippen LogP contribution in [0, 0.1) is 25.2 Å². The van der Waals surface area contributed by atoms with E-state index in [4.69, 9.17) is 0 Å². The van der Waals surface area contributed by atoms with E-state index >= 15 is 0 Å². The topological polar surface area (TPSA) is 86.3 Å². The molecule has 7 nitrogen and oxygen atoms in total. The minimum Gasteiger partial charge on any atom is -0.354 e. The fourth-order valence-corrected chi connectivity index (χ4v) is 4.09. The second kappa shape index (κ2) is 10.2. The maximum atomic E-state index is 12.7. The third-order valence-corrected chi connectivity index (χ3v) is 5.86. The summed E-state index contributed by atoms with van der Waals surface area (Å²) in [5.41, 5.74) is 4.98. The van der Waals surface area contributed by atoms with E-state index < -0.39 is 0 Å². The summed E-state index contributed by atoms with van der Waals surface area (Å²) in [7, 11) is 0. The Labute approximate surface area is 183 Å². The molecule has 0 aliphatic rings. The Morgan fingerprint density at radius 1 is 1.23 bits per heavy atom. The molecule has 31 heavy (non-hydrogen) atoms. The molecular weight excluding hydrogens is 388 g/mol. The number of aromatic nitrogens is 3. The summed E-state index contributed by atoms with van der Waals surface area (Å²) in [6, 6.07) is 12.6. The summed E-state index contributed by atoms with van der Waals surface area (Å²) >= 11 is 0. The van der Waals surface area contributed by atoms with E-state index in [9.17, 15) is 10.1 Å². The first-order valence-corrected chi connectivity index (χ1v) is 10.8. The Kier molecular flexibility index (Phi) is 7.37. The van der Waals surface area contributed by atoms with Gasteiger partial charge < -0.3 is 5.32 Å². The number of hydrogen-bond donors (Lipinski definition) is 1. The van der Waals surface area contributed by atoms with Gasteiger partial charge >= 0.3 is 0 Å². The summed E-state index contributed by atoms with van der Waals surface area (Å²) in [6.45, 7) is 10.6. The van der Waals surface area contributed by atoms with Gasteiger partial charge in [0.15, 0.2) is 5.65 Å². The van der Waals surface area contributed by atoms with Crippen LogP contribution in [0.15, 0.2) is 36.5 Å². The van der Waals surface area contributed by atoms with Crippen LogP contribution in [0.2, 0.25) is 0 Å². The lowest BCUT2D eigenvalue weighted by atomic mass is 10.0. The molecule has 1 aromatic carbocycles. The van der Waals surface area contributed by atoms with Crippen molar-refractivity contribution in [1.82, 2.24) is 24.8 Å². The number of rotatable bonds is 9. The molecule has 0 saturated carbocycles. The van der Waals surface area contributed by atoms with Crippen molar-refractivity contribution in [2.75, 3.05) is 19.6 Å². The molecule has 3 aromatic rings. The van der Waals surface area contributed by atoms with Gasteiger partial charge in [0.2, 0.25) is 5.91 Å². The highest BCUT2D eigenvalue weighted by Crippen LogP contribution is 2.20. The lowest BCUT2D eigenvalue weighted by molar-refractivity contribution is -0.121. The van der Waals surface area contributed by atoms with Crippen LogP contribution >= 0.6 is 0 Å². The van der Waals surface area contributed by atoms with Gasteiger partial charge in [-0.15, -0.1) is 0 Å². The molecule has 0 aliphatic carbocycles. The minimum absolute atomic E-state index is 0.0187. The number of carbonyl (C=O) groups excluding carboxylic acids is 1. The molecule has 0 aliphatic heterocycles. The van der Waals surface area contributed by atoms with Crippen molar-refractivity contribution in [3.05, 3.63) is 64.6 Å². The Balaban J connectivity index is 1.68. The number of carbonyl (C=O) groups is 1. The van der Waals surface area contributed by atoms with E-state index in [1.54, 1.807) is 4.52 Å². The number of hydrogen-bond acceptors (Lipinski definition) is 5. The van der Waals surface area contributed by atoms with Crippen LogP contribution in [-0.2, 0) is 11.2 Å². The molecule has 3 rings (SSSR count). The van der Waals surface area contributed by atoms with Crippen LogP contribution in [0.5, 0.6) is 0 Å². The van der Waals surface area contributed by atoms with Crippen molar-refractivity contribution in [2.24, 2.45) is 0 Å². The maximum Gasteiger partial charge on any atom is 0.220 e. The second-order valence-corrected chi connectivity index (χ2v) is 7.62. The molecule has 1 unspecified atom stereocenters. The number of benzene rings is 1. The SMILES string of the molecule is CCN(CC)C(CNC(=O)CCc1c(C)nc2c(C#N)cnn2c1C)c1ccccc1. The first kappa shape index (κ1) is 22.4. The normalized spacial score (nSPS) is 12.1. The van der Waals surface area contributed by atoms with Crippen LogP contribution in [0.25, 0.3) is 5.65 Å². The third-order valence-electron chi connectivity index (χ3n) is 5.86. The van der Waals surface area contributed by atoms with Crippen molar-refractivity contribution < 1.29 is 4.79 Å². The Bertz CT molecular complexity index is 1080. The first-order valence-electron chi connectivity index (χ1n) is 10.8. The number of fused-ring (bicyclic) bond motifs is 1. The summed E-state index contributed by atoms with van der Waals surface area (Å²) in [4.78, 5) is 19.6. The van der Waals surface area contributed by atoms with E-state index in [2.05, 4.69) is 52.3 Å². The number of likely N-dealkylation sites (N-methyl/N-ethyl adjacent to an activating group) is 1. The van der Waals surface area contributed by atoms with Crippen molar-refractivity contribution in [3.63, 3.8) is 0 Å². The minimum atomic E-state index is 0.0187. The van der Waals surface area contributed by atoms with Gasteiger partial charge in [-0.3, -0.25) is 9.69 Å². The lowest BCUT2D eigenvalue weighted by Crippen LogP contribution is -2.38. The van der Waals surface area contributed by atoms with Gasteiger partial charge in [-0.25, -0.2) is 9.50 Å². The van der Waals surface area contributed by atoms with Crippen molar-refractivity contribution in [3.8, 4) is 6.07 Å². The number of nitrogens with zero attached hydrogens (tertiary/aromatic N) is 5. The fraction of sp³-hybridized carbons (Fsp3) is 0.417. The summed E-state index contributed by atoms with van der Waals surface area (Å²) in [5.74, 6) is 0.0187. The lowest BCUT2D eigenvalue weighted by Gasteiger charge is -2.30. The zero-order valence-corrected chi connectivity index (χ0v) is 18.7. The van der Waals surface area contributed by atoms with Gasteiger partial charge in [0.05, 0.1) is 12.2 Å². The average Bonchev–Trinajstić information content (AvgIpc) is 3.20. The Morgan fingerprint density at radius 3 is 2.58 bits per heavy atom. The molecule has 0 radical (unpaired) electrons. The predicted molar refractivity (Wildman–Crippen MR) is 121 cm³/mol. The van der Waals surface area contributed by atoms with Gasteiger partial charge in [-0.2, -0.15) is 10.4 Å². The molecule has 162 valence electrons. The van der Waals surface area contributed by atoms with E-state index in [0.29, 0.717) is 30.6 Å². The molecule has 2 heterocycles. The number of amides is 1. The Hall–Kier alpha value is -3.24. The molecule has 0 saturated heterocycles. The van der Waals surface area contributed by atoms with Gasteiger partial charge in [0, 0.05) is 24.4 Å². The van der Waals surface area contributed by atoms with Crippen LogP contribution in [0.3, 0.4) is 0 Å². The van der Waals surface area contributed by atoms with Gasteiger partial charge in [0.25, 0.3) is 0 Å². The summed E-state index contributed by atoms with van der Waals surface area (Å²) < 4.78 is 1.69. The molecule has 1 atom stereocenters. The largest absolute Gasteiger partial charge is 0.354 e. The molecule has 0 bridgehead atoms. The number of nitriles is 1. The van der Waals surface area contributed by atoms with Gasteiger partial charge in [-0.05, 0) is 44.5 Å². The number of nitrogens with one attached hydrogen (secondary N) is 1. The first-order chi connectivity index (χ1) is 15.0. The zero-order valence-electron chi connectivity index (χ0n) is 18.7. The van der Waals surface area contributed by atoms with Crippen molar-refractivity contribution in [1.29, 1.82) is 5.26 Å². The monoisotopic (exact) mass is 418 g/mol. The highest BCUT2D eigenvalue weighted by Gasteiger charge is 2.19. The highest BCUT2D eigenvalue weighted by molar-refractivity contribution is 5.76. The van der Waals surface area contributed by atoms with E-state index in [1.165, 1.54) is 11.8 Å². The van der Waals surface area contributed by atoms with E-state index in [-0.39, 0.29) is 11.9 Å².